The minimum Gasteiger partial charge on any atom is -0.459 e. The summed E-state index contributed by atoms with van der Waals surface area (Å²) in [6.45, 7) is 8.50. The summed E-state index contributed by atoms with van der Waals surface area (Å²) in [5.74, 6) is -0.614. The maximum absolute atomic E-state index is 13.9. The maximum Gasteiger partial charge on any atom is 0.325 e. The number of nitrogens with one attached hydrogen (secondary N) is 2. The minimum atomic E-state index is -0.607. The van der Waals surface area contributed by atoms with Gasteiger partial charge in [0.2, 0.25) is 11.8 Å². The number of benzene rings is 18. The van der Waals surface area contributed by atoms with Crippen molar-refractivity contribution in [2.75, 3.05) is 32.7 Å². The van der Waals surface area contributed by atoms with Crippen molar-refractivity contribution >= 4 is 309 Å². The summed E-state index contributed by atoms with van der Waals surface area (Å²) >= 11 is 0. The predicted octanol–water partition coefficient (Wildman–Crippen LogP) is 16.7. The molecule has 5 aliphatic rings. The van der Waals surface area contributed by atoms with Crippen LogP contribution in [0.25, 0.3) is 291 Å². The van der Waals surface area contributed by atoms with Gasteiger partial charge in [-0.05, 0) is 353 Å². The molecule has 2 spiro atoms. The molecular weight excluding hydrogens is 1020 g/mol. The fourth-order valence-corrected chi connectivity index (χ4v) is 26.7. The van der Waals surface area contributed by atoms with E-state index in [0.717, 1.165) is 26.1 Å². The van der Waals surface area contributed by atoms with Crippen molar-refractivity contribution in [2.24, 2.45) is 0 Å². The minimum absolute atomic E-state index is 0.0457. The number of hydrogen-bond donors (Lipinski definition) is 2. The Labute approximate surface area is 458 Å². The van der Waals surface area contributed by atoms with Crippen molar-refractivity contribution in [3.8, 4) is 0 Å². The van der Waals surface area contributed by atoms with Crippen LogP contribution in [-0.4, -0.2) is 61.0 Å². The second-order valence-electron chi connectivity index (χ2n) is 30.2. The Morgan fingerprint density at radius 1 is 0.337 bits per heavy atom. The molecule has 28 aromatic rings. The summed E-state index contributed by atoms with van der Waals surface area (Å²) in [6, 6.07) is 0. The second kappa shape index (κ2) is 8.78. The number of amides is 2. The van der Waals surface area contributed by atoms with E-state index in [0.29, 0.717) is 19.4 Å². The summed E-state index contributed by atoms with van der Waals surface area (Å²) in [6.07, 6.45) is 1.96. The highest BCUT2D eigenvalue weighted by Gasteiger charge is 2.72. The summed E-state index contributed by atoms with van der Waals surface area (Å²) < 4.78 is 5.37. The van der Waals surface area contributed by atoms with E-state index in [-0.39, 0.29) is 35.6 Å². The number of carbonyl (C=O) groups excluding carboxylic acids is 3. The largest absolute Gasteiger partial charge is 0.459 e. The Kier molecular flexibility index (Phi) is 3.77. The molecule has 0 unspecified atom stereocenters. The molecule has 7 heteroatoms. The maximum atomic E-state index is 13.9. The molecule has 1 saturated heterocycles. The second-order valence-corrected chi connectivity index (χ2v) is 30.2. The monoisotopic (exact) mass is 1050 g/mol. The van der Waals surface area contributed by atoms with E-state index in [2.05, 4.69) is 15.5 Å². The van der Waals surface area contributed by atoms with Crippen molar-refractivity contribution in [3.05, 3.63) is 22.3 Å². The van der Waals surface area contributed by atoms with E-state index >= 15 is 0 Å². The lowest BCUT2D eigenvalue weighted by molar-refractivity contribution is -0.154. The Balaban J connectivity index is 0.757. The lowest BCUT2D eigenvalue weighted by Gasteiger charge is -2.49. The topological polar surface area (TPSA) is 87.7 Å². The normalized spacial score (nSPS) is 21.1. The molecule has 2 N–H and O–H groups in total. The first-order valence-corrected chi connectivity index (χ1v) is 30.9. The van der Waals surface area contributed by atoms with Gasteiger partial charge in [-0.15, -0.1) is 0 Å². The van der Waals surface area contributed by atoms with Crippen molar-refractivity contribution in [1.82, 2.24) is 15.5 Å². The molecule has 1 fully saturated rings. The summed E-state index contributed by atoms with van der Waals surface area (Å²) in [7, 11) is 0. The van der Waals surface area contributed by atoms with E-state index in [1.54, 1.807) is 313 Å². The third-order valence-electron chi connectivity index (χ3n) is 27.2. The first-order valence-electron chi connectivity index (χ1n) is 30.9. The van der Waals surface area contributed by atoms with Crippen LogP contribution in [0.3, 0.4) is 0 Å². The van der Waals surface area contributed by atoms with Gasteiger partial charge in [0, 0.05) is 32.5 Å². The van der Waals surface area contributed by atoms with Gasteiger partial charge in [-0.3, -0.25) is 14.4 Å². The molecule has 0 aromatic heterocycles. The molecule has 28 aromatic carbocycles. The zero-order valence-electron chi connectivity index (χ0n) is 44.4. The average Bonchev–Trinajstić information content (AvgIpc) is 1.39. The van der Waals surface area contributed by atoms with Gasteiger partial charge in [0.05, 0.1) is 10.8 Å². The molecule has 1 heterocycles. The van der Waals surface area contributed by atoms with Crippen LogP contribution < -0.4 is 10.6 Å². The van der Waals surface area contributed by atoms with E-state index in [1.807, 2.05) is 20.8 Å². The van der Waals surface area contributed by atoms with Crippen LogP contribution in [0.1, 0.15) is 68.7 Å². The highest BCUT2D eigenvalue weighted by atomic mass is 16.6. The highest BCUT2D eigenvalue weighted by Crippen LogP contribution is 2.85. The molecular formula is C76H29N3O4. The van der Waals surface area contributed by atoms with Gasteiger partial charge in [-0.2, -0.15) is 0 Å². The fourth-order valence-electron chi connectivity index (χ4n) is 26.7. The molecule has 33 rings (SSSR count). The van der Waals surface area contributed by atoms with Crippen LogP contribution in [0.2, 0.25) is 0 Å². The first-order chi connectivity index (χ1) is 40.7. The van der Waals surface area contributed by atoms with Gasteiger partial charge >= 0.3 is 5.97 Å². The highest BCUT2D eigenvalue weighted by molar-refractivity contribution is 6.82. The Hall–Kier alpha value is -9.17. The zero-order valence-corrected chi connectivity index (χ0v) is 44.4. The van der Waals surface area contributed by atoms with Crippen molar-refractivity contribution in [3.63, 3.8) is 0 Å². The van der Waals surface area contributed by atoms with Crippen LogP contribution in [0, 0.1) is 0 Å². The summed E-state index contributed by atoms with van der Waals surface area (Å²) in [4.78, 5) is 41.8. The molecule has 0 saturated carbocycles. The Morgan fingerprint density at radius 2 is 0.554 bits per heavy atom. The molecule has 7 nitrogen and oxygen atoms in total. The molecule has 4 aliphatic carbocycles. The summed E-state index contributed by atoms with van der Waals surface area (Å²) in [5.41, 5.74) is 5.63. The van der Waals surface area contributed by atoms with Crippen LogP contribution >= 0.6 is 0 Å². The molecule has 2 amide bonds. The van der Waals surface area contributed by atoms with E-state index in [4.69, 9.17) is 4.74 Å². The van der Waals surface area contributed by atoms with E-state index < -0.39 is 11.6 Å². The number of likely N-dealkylation sites (tertiary alicyclic amines) is 1. The molecule has 0 radical (unpaired) electrons. The molecule has 83 heavy (non-hydrogen) atoms. The lowest BCUT2D eigenvalue weighted by atomic mass is 9.50. The SMILES string of the molecule is CC(C)(C)OC(=O)CNC(=O)CCCNC(=O)CCCN1CC23c4c5c6c7c8c9c(c%10c%11c2c2c4c4c%12c5c5c6c6c8c8c%13c9c9c%10c%10c%11c%11c2c2c4c4c%12c%12c5c5c6c8c6c8c%13c9c9c%10c%10c%11c2c2c4c4c%12c5c6c5c8c9c%10c2c45)C73C1. The van der Waals surface area contributed by atoms with Crippen molar-refractivity contribution in [2.45, 2.75) is 62.9 Å². The molecule has 372 valence electrons. The summed E-state index contributed by atoms with van der Waals surface area (Å²) in [5, 5.41) is 93.8. The third kappa shape index (κ3) is 2.32. The number of hydrogen-bond acceptors (Lipinski definition) is 5. The first kappa shape index (κ1) is 35.6. The quantitative estimate of drug-likeness (QED) is 0.0809. The molecule has 0 atom stereocenters. The Bertz CT molecular complexity index is 7090. The molecule has 0 bridgehead atoms. The van der Waals surface area contributed by atoms with E-state index in [1.165, 1.54) is 0 Å². The number of esters is 1. The number of carbonyl (C=O) groups is 3. The van der Waals surface area contributed by atoms with Crippen LogP contribution in [0.5, 0.6) is 0 Å². The molecule has 1 aliphatic heterocycles. The fraction of sp³-hybridized carbons (Fsp3) is 0.197. The Morgan fingerprint density at radius 3 is 0.795 bits per heavy atom. The van der Waals surface area contributed by atoms with Gasteiger partial charge in [0.1, 0.15) is 12.1 Å². The van der Waals surface area contributed by atoms with Crippen LogP contribution in [0.15, 0.2) is 0 Å². The number of rotatable bonds is 10. The van der Waals surface area contributed by atoms with Gasteiger partial charge in [-0.25, -0.2) is 0 Å². The van der Waals surface area contributed by atoms with Crippen LogP contribution in [0.4, 0.5) is 0 Å². The average molecular weight is 1050 g/mol. The number of ether oxygens (including phenoxy) is 1. The van der Waals surface area contributed by atoms with Gasteiger partial charge in [-0.1, -0.05) is 0 Å². The van der Waals surface area contributed by atoms with E-state index in [9.17, 15) is 14.4 Å². The third-order valence-corrected chi connectivity index (χ3v) is 27.2. The van der Waals surface area contributed by atoms with Gasteiger partial charge in [0.25, 0.3) is 0 Å². The van der Waals surface area contributed by atoms with Crippen LogP contribution in [-0.2, 0) is 30.0 Å². The standard InChI is InChI=1S/C76H29N3O4/c1-74(2,3)83-15(82)10-78-14(81)6-4-8-77-13(80)7-5-9-79-11-75-70-62-54-44-34-26-18-16-17-20-24-22(18)30-38-32(24)42-36-28(20)29-21(17)25-23-19(16)27(26)35-41-31(23)39-33(25)43-37(29)47-46(36)56-50(42)60-52(38)58(48(54)40(30)34)66(70)68(60)72-64(56)65-57(47)51(43)61-53(39)59-49(41)55(45(35)44)63(62)71(75)67(59)69(61)73(65)76(72,75)12-79/h4-12H2,1-3H3,(H,77,80)(H,78,81). The zero-order chi connectivity index (χ0) is 51.8. The van der Waals surface area contributed by atoms with Gasteiger partial charge < -0.3 is 20.3 Å². The van der Waals surface area contributed by atoms with Gasteiger partial charge in [0.15, 0.2) is 0 Å². The number of nitrogens with zero attached hydrogens (tertiary/aromatic N) is 1. The van der Waals surface area contributed by atoms with Crippen molar-refractivity contribution in [1.29, 1.82) is 0 Å². The smallest absolute Gasteiger partial charge is 0.325 e. The lowest BCUT2D eigenvalue weighted by Crippen LogP contribution is -2.51. The van der Waals surface area contributed by atoms with Crippen molar-refractivity contribution < 1.29 is 19.1 Å². The predicted molar refractivity (Wildman–Crippen MR) is 341 cm³/mol.